The third kappa shape index (κ3) is 4.89. The van der Waals surface area contributed by atoms with Crippen molar-refractivity contribution in [2.24, 2.45) is 16.6 Å². The number of aliphatic imine (C=N–C) groups is 1. The van der Waals surface area contributed by atoms with Crippen molar-refractivity contribution in [2.45, 2.75) is 25.8 Å². The van der Waals surface area contributed by atoms with Crippen LogP contribution in [0.4, 0.5) is 0 Å². The Labute approximate surface area is 157 Å². The summed E-state index contributed by atoms with van der Waals surface area (Å²) in [6.07, 6.45) is 2.39. The number of hydrogen-bond donors (Lipinski definition) is 1. The van der Waals surface area contributed by atoms with E-state index in [1.165, 1.54) is 18.4 Å². The molecular weight excluding hydrogens is 328 g/mol. The Bertz CT molecular complexity index is 576. The summed E-state index contributed by atoms with van der Waals surface area (Å²) in [4.78, 5) is 9.45. The highest BCUT2D eigenvalue weighted by atomic mass is 16.5. The second-order valence-electron chi connectivity index (χ2n) is 7.31. The van der Waals surface area contributed by atoms with E-state index >= 15 is 0 Å². The Balaban J connectivity index is 1.71. The molecule has 2 N–H and O–H groups in total. The number of rotatable bonds is 5. The quantitative estimate of drug-likeness (QED) is 0.644. The lowest BCUT2D eigenvalue weighted by Crippen LogP contribution is -2.44. The Hall–Kier alpha value is -1.79. The molecule has 6 nitrogen and oxygen atoms in total. The molecule has 0 aliphatic carbocycles. The van der Waals surface area contributed by atoms with Crippen molar-refractivity contribution in [3.05, 3.63) is 29.8 Å². The first-order valence-corrected chi connectivity index (χ1v) is 9.68. The lowest BCUT2D eigenvalue weighted by molar-refractivity contribution is 0.0179. The fraction of sp³-hybridized carbons (Fsp3) is 0.650. The largest absolute Gasteiger partial charge is 0.497 e. The van der Waals surface area contributed by atoms with Gasteiger partial charge in [0.15, 0.2) is 5.96 Å². The zero-order valence-electron chi connectivity index (χ0n) is 16.1. The molecule has 1 atom stereocenters. The predicted octanol–water partition coefficient (Wildman–Crippen LogP) is 2.12. The zero-order valence-corrected chi connectivity index (χ0v) is 16.1. The van der Waals surface area contributed by atoms with Crippen molar-refractivity contribution < 1.29 is 9.47 Å². The van der Waals surface area contributed by atoms with Gasteiger partial charge in [-0.3, -0.25) is 9.89 Å². The monoisotopic (exact) mass is 360 g/mol. The van der Waals surface area contributed by atoms with E-state index in [-0.39, 0.29) is 6.04 Å². The first-order valence-electron chi connectivity index (χ1n) is 9.68. The summed E-state index contributed by atoms with van der Waals surface area (Å²) in [5.74, 6) is 2.35. The second-order valence-corrected chi connectivity index (χ2v) is 7.31. The van der Waals surface area contributed by atoms with Crippen LogP contribution in [0.1, 0.15) is 31.4 Å². The Morgan fingerprint density at radius 2 is 1.85 bits per heavy atom. The minimum atomic E-state index is 0.215. The molecule has 0 aromatic heterocycles. The normalized spacial score (nSPS) is 21.6. The maximum Gasteiger partial charge on any atom is 0.191 e. The minimum Gasteiger partial charge on any atom is -0.497 e. The number of nitrogens with zero attached hydrogens (tertiary/aromatic N) is 3. The van der Waals surface area contributed by atoms with E-state index < -0.39 is 0 Å². The van der Waals surface area contributed by atoms with Gasteiger partial charge >= 0.3 is 0 Å². The molecule has 2 saturated heterocycles. The van der Waals surface area contributed by atoms with Crippen LogP contribution >= 0.6 is 0 Å². The van der Waals surface area contributed by atoms with Crippen molar-refractivity contribution in [3.8, 4) is 5.75 Å². The highest BCUT2D eigenvalue weighted by Gasteiger charge is 2.23. The van der Waals surface area contributed by atoms with Crippen LogP contribution in [-0.4, -0.2) is 68.8 Å². The summed E-state index contributed by atoms with van der Waals surface area (Å²) in [5, 5.41) is 0. The smallest absolute Gasteiger partial charge is 0.191 e. The van der Waals surface area contributed by atoms with Crippen molar-refractivity contribution in [2.75, 3.05) is 53.0 Å². The number of morpholine rings is 1. The number of benzene rings is 1. The third-order valence-electron chi connectivity index (χ3n) is 5.52. The van der Waals surface area contributed by atoms with Gasteiger partial charge in [0.2, 0.25) is 0 Å². The maximum atomic E-state index is 6.31. The van der Waals surface area contributed by atoms with Crippen LogP contribution in [-0.2, 0) is 4.74 Å². The predicted molar refractivity (Wildman–Crippen MR) is 105 cm³/mol. The Kier molecular flexibility index (Phi) is 6.74. The highest BCUT2D eigenvalue weighted by molar-refractivity contribution is 5.78. The van der Waals surface area contributed by atoms with E-state index in [0.717, 1.165) is 51.1 Å². The number of guanidine groups is 1. The molecule has 0 amide bonds. The molecular formula is C20H32N4O2. The average molecular weight is 361 g/mol. The summed E-state index contributed by atoms with van der Waals surface area (Å²) in [5.41, 5.74) is 7.55. The van der Waals surface area contributed by atoms with Gasteiger partial charge in [0, 0.05) is 26.2 Å². The lowest BCUT2D eigenvalue weighted by atomic mass is 10.00. The molecule has 0 radical (unpaired) electrons. The number of ether oxygens (including phenoxy) is 2. The zero-order chi connectivity index (χ0) is 18.4. The summed E-state index contributed by atoms with van der Waals surface area (Å²) in [7, 11) is 1.69. The fourth-order valence-corrected chi connectivity index (χ4v) is 3.66. The Morgan fingerprint density at radius 1 is 1.19 bits per heavy atom. The Morgan fingerprint density at radius 3 is 2.46 bits per heavy atom. The van der Waals surface area contributed by atoms with Crippen molar-refractivity contribution in [3.63, 3.8) is 0 Å². The summed E-state index contributed by atoms with van der Waals surface area (Å²) in [6, 6.07) is 8.51. The van der Waals surface area contributed by atoms with E-state index in [0.29, 0.717) is 12.5 Å². The van der Waals surface area contributed by atoms with Gasteiger partial charge < -0.3 is 20.1 Å². The van der Waals surface area contributed by atoms with Crippen molar-refractivity contribution in [1.29, 1.82) is 0 Å². The van der Waals surface area contributed by atoms with Crippen molar-refractivity contribution >= 4 is 5.96 Å². The number of piperidine rings is 1. The molecule has 0 saturated carbocycles. The summed E-state index contributed by atoms with van der Waals surface area (Å²) < 4.78 is 10.8. The lowest BCUT2D eigenvalue weighted by Gasteiger charge is -2.35. The molecule has 0 spiro atoms. The molecule has 1 unspecified atom stereocenters. The van der Waals surface area contributed by atoms with Crippen LogP contribution in [0.3, 0.4) is 0 Å². The van der Waals surface area contributed by atoms with Crippen LogP contribution in [0.2, 0.25) is 0 Å². The number of nitrogens with two attached hydrogens (primary N) is 1. The molecule has 2 aliphatic rings. The molecule has 2 heterocycles. The van der Waals surface area contributed by atoms with Gasteiger partial charge in [-0.05, 0) is 36.5 Å². The van der Waals surface area contributed by atoms with Crippen LogP contribution < -0.4 is 10.5 Å². The van der Waals surface area contributed by atoms with Crippen LogP contribution in [0.5, 0.6) is 5.75 Å². The highest BCUT2D eigenvalue weighted by Crippen LogP contribution is 2.25. The molecule has 0 bridgehead atoms. The fourth-order valence-electron chi connectivity index (χ4n) is 3.66. The van der Waals surface area contributed by atoms with Gasteiger partial charge in [0.05, 0.1) is 32.9 Å². The van der Waals surface area contributed by atoms with Crippen LogP contribution in [0.15, 0.2) is 29.3 Å². The van der Waals surface area contributed by atoms with Gasteiger partial charge in [-0.1, -0.05) is 19.1 Å². The van der Waals surface area contributed by atoms with E-state index in [9.17, 15) is 0 Å². The van der Waals surface area contributed by atoms with Gasteiger partial charge in [-0.2, -0.15) is 0 Å². The number of likely N-dealkylation sites (tertiary alicyclic amines) is 1. The van der Waals surface area contributed by atoms with Crippen LogP contribution in [0, 0.1) is 5.92 Å². The van der Waals surface area contributed by atoms with Crippen LogP contribution in [0.25, 0.3) is 0 Å². The molecule has 6 heteroatoms. The van der Waals surface area contributed by atoms with Gasteiger partial charge in [-0.15, -0.1) is 0 Å². The molecule has 1 aromatic rings. The maximum absolute atomic E-state index is 6.31. The van der Waals surface area contributed by atoms with E-state index in [1.54, 1.807) is 7.11 Å². The first-order chi connectivity index (χ1) is 12.7. The summed E-state index contributed by atoms with van der Waals surface area (Å²) >= 11 is 0. The standard InChI is InChI=1S/C20H32N4O2/c1-16-7-9-24(10-8-16)20(21)22-15-19(23-11-13-26-14-12-23)17-3-5-18(25-2)6-4-17/h3-6,16,19H,7-15H2,1-2H3,(H2,21,22). The number of hydrogen-bond acceptors (Lipinski definition) is 4. The SMILES string of the molecule is COc1ccc(C(CN=C(N)N2CCC(C)CC2)N2CCOCC2)cc1. The molecule has 2 aliphatic heterocycles. The van der Waals surface area contributed by atoms with E-state index in [2.05, 4.69) is 28.9 Å². The van der Waals surface area contributed by atoms with E-state index in [1.807, 2.05) is 12.1 Å². The number of methoxy groups -OCH3 is 1. The molecule has 2 fully saturated rings. The minimum absolute atomic E-state index is 0.215. The molecule has 26 heavy (non-hydrogen) atoms. The van der Waals surface area contributed by atoms with Crippen molar-refractivity contribution in [1.82, 2.24) is 9.80 Å². The topological polar surface area (TPSA) is 63.3 Å². The van der Waals surface area contributed by atoms with E-state index in [4.69, 9.17) is 20.2 Å². The second kappa shape index (κ2) is 9.24. The van der Waals surface area contributed by atoms with Gasteiger partial charge in [0.25, 0.3) is 0 Å². The third-order valence-corrected chi connectivity index (χ3v) is 5.52. The molecule has 3 rings (SSSR count). The average Bonchev–Trinajstić information content (AvgIpc) is 2.70. The van der Waals surface area contributed by atoms with Gasteiger partial charge in [0.1, 0.15) is 5.75 Å². The van der Waals surface area contributed by atoms with Gasteiger partial charge in [-0.25, -0.2) is 0 Å². The molecule has 144 valence electrons. The molecule has 1 aromatic carbocycles. The first kappa shape index (κ1) is 19.0. The summed E-state index contributed by atoms with van der Waals surface area (Å²) in [6.45, 7) is 8.40.